The third-order valence-corrected chi connectivity index (χ3v) is 5.50. The van der Waals surface area contributed by atoms with Crippen molar-refractivity contribution in [3.05, 3.63) is 76.5 Å². The van der Waals surface area contributed by atoms with Crippen LogP contribution < -0.4 is 5.56 Å². The minimum absolute atomic E-state index is 0.00879. The van der Waals surface area contributed by atoms with Crippen molar-refractivity contribution in [1.29, 1.82) is 0 Å². The fourth-order valence-corrected chi connectivity index (χ4v) is 4.00. The lowest BCUT2D eigenvalue weighted by Crippen LogP contribution is -2.38. The molecule has 1 fully saturated rings. The number of aromatic nitrogens is 3. The normalized spacial score (nSPS) is 16.3. The highest BCUT2D eigenvalue weighted by Crippen LogP contribution is 2.20. The summed E-state index contributed by atoms with van der Waals surface area (Å²) >= 11 is 0. The van der Waals surface area contributed by atoms with E-state index < -0.39 is 0 Å². The van der Waals surface area contributed by atoms with Gasteiger partial charge in [0.05, 0.1) is 23.6 Å². The number of rotatable bonds is 5. The van der Waals surface area contributed by atoms with E-state index in [0.717, 1.165) is 23.7 Å². The predicted molar refractivity (Wildman–Crippen MR) is 114 cm³/mol. The third kappa shape index (κ3) is 3.59. The van der Waals surface area contributed by atoms with Gasteiger partial charge in [0.25, 0.3) is 11.5 Å². The second-order valence-electron chi connectivity index (χ2n) is 7.62. The smallest absolute Gasteiger partial charge is 0.270 e. The van der Waals surface area contributed by atoms with Crippen LogP contribution in [0, 0.1) is 0 Å². The maximum atomic E-state index is 13.4. The van der Waals surface area contributed by atoms with Crippen LogP contribution in [-0.4, -0.2) is 45.0 Å². The Balaban J connectivity index is 1.48. The molecule has 0 aliphatic carbocycles. The van der Waals surface area contributed by atoms with Crippen LogP contribution in [0.2, 0.25) is 0 Å². The Bertz CT molecular complexity index is 1240. The van der Waals surface area contributed by atoms with Crippen molar-refractivity contribution < 1.29 is 9.53 Å². The van der Waals surface area contributed by atoms with Crippen LogP contribution in [0.3, 0.4) is 0 Å². The molecule has 2 aromatic carbocycles. The zero-order valence-corrected chi connectivity index (χ0v) is 16.4. The molecule has 152 valence electrons. The van der Waals surface area contributed by atoms with E-state index in [4.69, 9.17) is 4.74 Å². The molecule has 1 saturated heterocycles. The lowest BCUT2D eigenvalue weighted by atomic mass is 10.2. The number of H-pyrrole nitrogens is 2. The van der Waals surface area contributed by atoms with E-state index in [1.54, 1.807) is 17.0 Å². The maximum Gasteiger partial charge on any atom is 0.270 e. The Morgan fingerprint density at radius 1 is 1.13 bits per heavy atom. The first kappa shape index (κ1) is 18.6. The lowest BCUT2D eigenvalue weighted by molar-refractivity contribution is 0.0497. The van der Waals surface area contributed by atoms with Crippen LogP contribution in [0.5, 0.6) is 0 Å². The number of nitrogens with one attached hydrogen (secondary N) is 2. The first-order valence-electron chi connectivity index (χ1n) is 10.1. The van der Waals surface area contributed by atoms with Crippen molar-refractivity contribution in [3.8, 4) is 0 Å². The quantitative estimate of drug-likeness (QED) is 0.536. The van der Waals surface area contributed by atoms with Crippen molar-refractivity contribution in [2.45, 2.75) is 25.5 Å². The third-order valence-electron chi connectivity index (χ3n) is 5.50. The van der Waals surface area contributed by atoms with Gasteiger partial charge in [-0.2, -0.15) is 0 Å². The van der Waals surface area contributed by atoms with Gasteiger partial charge in [-0.15, -0.1) is 0 Å². The Kier molecular flexibility index (Phi) is 4.80. The molecule has 0 bridgehead atoms. The topological polar surface area (TPSA) is 91.1 Å². The number of aromatic amines is 2. The number of hydrogen-bond donors (Lipinski definition) is 2. The average molecular weight is 402 g/mol. The molecule has 0 spiro atoms. The largest absolute Gasteiger partial charge is 0.376 e. The summed E-state index contributed by atoms with van der Waals surface area (Å²) in [6.07, 6.45) is 1.90. The van der Waals surface area contributed by atoms with Gasteiger partial charge in [-0.05, 0) is 37.1 Å². The molecular weight excluding hydrogens is 380 g/mol. The minimum atomic E-state index is -0.203. The van der Waals surface area contributed by atoms with E-state index in [-0.39, 0.29) is 24.1 Å². The lowest BCUT2D eigenvalue weighted by Gasteiger charge is -2.24. The zero-order chi connectivity index (χ0) is 20.5. The van der Waals surface area contributed by atoms with Crippen molar-refractivity contribution in [2.24, 2.45) is 0 Å². The molecular formula is C23H22N4O3. The molecule has 3 heterocycles. The molecule has 1 amide bonds. The van der Waals surface area contributed by atoms with Gasteiger partial charge in [0.15, 0.2) is 0 Å². The fraction of sp³-hybridized carbons (Fsp3) is 0.261. The van der Waals surface area contributed by atoms with Gasteiger partial charge < -0.3 is 19.6 Å². The van der Waals surface area contributed by atoms with E-state index in [9.17, 15) is 9.59 Å². The number of ether oxygens (including phenoxy) is 1. The zero-order valence-electron chi connectivity index (χ0n) is 16.4. The van der Waals surface area contributed by atoms with Gasteiger partial charge in [-0.1, -0.05) is 30.3 Å². The molecule has 7 nitrogen and oxygen atoms in total. The number of hydrogen-bond acceptors (Lipinski definition) is 4. The van der Waals surface area contributed by atoms with Crippen LogP contribution in [0.4, 0.5) is 0 Å². The predicted octanol–water partition coefficient (Wildman–Crippen LogP) is 3.23. The Morgan fingerprint density at radius 2 is 1.97 bits per heavy atom. The number of carbonyl (C=O) groups is 1. The molecule has 0 unspecified atom stereocenters. The number of fused-ring (bicyclic) bond motifs is 2. The van der Waals surface area contributed by atoms with Gasteiger partial charge in [0.2, 0.25) is 0 Å². The number of nitrogens with zero attached hydrogens (tertiary/aromatic N) is 2. The van der Waals surface area contributed by atoms with Crippen molar-refractivity contribution in [1.82, 2.24) is 19.9 Å². The van der Waals surface area contributed by atoms with E-state index >= 15 is 0 Å². The SMILES string of the molecule is O=C(c1cc2ccccc2[nH]1)N(Cc1nc2ccccc2c(=O)[nH]1)C[C@@H]1CCCO1. The standard InChI is InChI=1S/C23H22N4O3/c28-22-17-8-2-4-10-19(17)25-21(26-22)14-27(13-16-7-5-11-30-16)23(29)20-12-15-6-1-3-9-18(15)24-20/h1-4,6,8-10,12,16,24H,5,7,11,13-14H2,(H,25,26,28)/t16-/m0/s1. The molecule has 30 heavy (non-hydrogen) atoms. The number of carbonyl (C=O) groups excluding carboxylic acids is 1. The number of amides is 1. The van der Waals surface area contributed by atoms with E-state index in [1.165, 1.54) is 0 Å². The maximum absolute atomic E-state index is 13.4. The first-order valence-corrected chi connectivity index (χ1v) is 10.1. The monoisotopic (exact) mass is 402 g/mol. The van der Waals surface area contributed by atoms with Crippen LogP contribution in [-0.2, 0) is 11.3 Å². The van der Waals surface area contributed by atoms with Gasteiger partial charge in [0.1, 0.15) is 11.5 Å². The number of para-hydroxylation sites is 2. The molecule has 2 aromatic heterocycles. The van der Waals surface area contributed by atoms with Gasteiger partial charge in [-0.3, -0.25) is 9.59 Å². The van der Waals surface area contributed by atoms with Crippen LogP contribution in [0.15, 0.2) is 59.4 Å². The summed E-state index contributed by atoms with van der Waals surface area (Å²) in [5.41, 5.74) is 1.84. The summed E-state index contributed by atoms with van der Waals surface area (Å²) in [5, 5.41) is 1.52. The van der Waals surface area contributed by atoms with Gasteiger partial charge in [-0.25, -0.2) is 4.98 Å². The van der Waals surface area contributed by atoms with Crippen LogP contribution in [0.1, 0.15) is 29.2 Å². The van der Waals surface area contributed by atoms with Gasteiger partial charge in [0, 0.05) is 24.1 Å². The van der Waals surface area contributed by atoms with E-state index in [1.807, 2.05) is 42.5 Å². The molecule has 0 radical (unpaired) electrons. The van der Waals surface area contributed by atoms with Crippen molar-refractivity contribution in [2.75, 3.05) is 13.2 Å². The molecule has 1 aliphatic heterocycles. The molecule has 0 saturated carbocycles. The van der Waals surface area contributed by atoms with Crippen molar-refractivity contribution >= 4 is 27.7 Å². The molecule has 2 N–H and O–H groups in total. The molecule has 1 aliphatic rings. The summed E-state index contributed by atoms with van der Waals surface area (Å²) in [5.74, 6) is 0.318. The molecule has 4 aromatic rings. The minimum Gasteiger partial charge on any atom is -0.376 e. The van der Waals surface area contributed by atoms with Crippen LogP contribution in [0.25, 0.3) is 21.8 Å². The van der Waals surface area contributed by atoms with Crippen LogP contribution >= 0.6 is 0 Å². The summed E-state index contributed by atoms with van der Waals surface area (Å²) in [6.45, 7) is 1.36. The molecule has 7 heteroatoms. The summed E-state index contributed by atoms with van der Waals surface area (Å²) in [7, 11) is 0. The second-order valence-corrected chi connectivity index (χ2v) is 7.62. The Hall–Kier alpha value is -3.45. The summed E-state index contributed by atoms with van der Waals surface area (Å²) in [4.78, 5) is 38.1. The van der Waals surface area contributed by atoms with E-state index in [2.05, 4.69) is 15.0 Å². The highest BCUT2D eigenvalue weighted by molar-refractivity contribution is 5.98. The Morgan fingerprint density at radius 3 is 2.80 bits per heavy atom. The van der Waals surface area contributed by atoms with Gasteiger partial charge >= 0.3 is 0 Å². The summed E-state index contributed by atoms with van der Waals surface area (Å²) < 4.78 is 5.76. The highest BCUT2D eigenvalue weighted by atomic mass is 16.5. The first-order chi connectivity index (χ1) is 14.7. The fourth-order valence-electron chi connectivity index (χ4n) is 4.00. The van der Waals surface area contributed by atoms with Crippen molar-refractivity contribution in [3.63, 3.8) is 0 Å². The molecule has 1 atom stereocenters. The number of benzene rings is 2. The summed E-state index contributed by atoms with van der Waals surface area (Å²) in [6, 6.07) is 16.8. The molecule has 5 rings (SSSR count). The van der Waals surface area contributed by atoms with E-state index in [0.29, 0.717) is 35.6 Å². The average Bonchev–Trinajstić information content (AvgIpc) is 3.42. The highest BCUT2D eigenvalue weighted by Gasteiger charge is 2.25. The second kappa shape index (κ2) is 7.76. The Labute approximate surface area is 172 Å².